The Labute approximate surface area is 188 Å². The van der Waals surface area contributed by atoms with E-state index in [0.29, 0.717) is 0 Å². The first kappa shape index (κ1) is 25.2. The molecule has 0 aliphatic heterocycles. The van der Waals surface area contributed by atoms with Crippen molar-refractivity contribution in [2.75, 3.05) is 40.4 Å². The van der Waals surface area contributed by atoms with Crippen molar-refractivity contribution in [3.05, 3.63) is 59.7 Å². The van der Waals surface area contributed by atoms with Gasteiger partial charge in [-0.1, -0.05) is 55.7 Å². The van der Waals surface area contributed by atoms with E-state index in [1.807, 2.05) is 24.3 Å². The van der Waals surface area contributed by atoms with Crippen LogP contribution in [0.25, 0.3) is 0 Å². The molecule has 0 aliphatic rings. The van der Waals surface area contributed by atoms with Gasteiger partial charge in [-0.15, -0.1) is 0 Å². The Morgan fingerprint density at radius 2 is 0.935 bits per heavy atom. The molecule has 0 aliphatic carbocycles. The summed E-state index contributed by atoms with van der Waals surface area (Å²) in [5, 5.41) is 10.6. The monoisotopic (exact) mass is 427 g/mol. The zero-order valence-corrected chi connectivity index (χ0v) is 19.4. The molecule has 2 rings (SSSR count). The van der Waals surface area contributed by atoms with Crippen LogP contribution in [-0.2, 0) is 13.1 Å². The molecule has 0 amide bonds. The van der Waals surface area contributed by atoms with E-state index in [1.54, 1.807) is 14.2 Å². The number of hydrogen-bond donors (Lipinski definition) is 3. The van der Waals surface area contributed by atoms with Gasteiger partial charge in [-0.05, 0) is 57.6 Å². The number of ether oxygens (including phenoxy) is 2. The summed E-state index contributed by atoms with van der Waals surface area (Å²) in [5.74, 6) is 1.93. The van der Waals surface area contributed by atoms with Crippen LogP contribution in [-0.4, -0.2) is 40.4 Å². The molecule has 0 bridgehead atoms. The first-order chi connectivity index (χ1) is 15.3. The Kier molecular flexibility index (Phi) is 13.5. The topological polar surface area (TPSA) is 54.5 Å². The molecule has 31 heavy (non-hydrogen) atoms. The summed E-state index contributed by atoms with van der Waals surface area (Å²) in [6.07, 6.45) is 7.58. The van der Waals surface area contributed by atoms with Crippen molar-refractivity contribution in [1.29, 1.82) is 0 Å². The lowest BCUT2D eigenvalue weighted by Gasteiger charge is -2.10. The van der Waals surface area contributed by atoms with Gasteiger partial charge < -0.3 is 25.4 Å². The Bertz CT molecular complexity index is 649. The maximum Gasteiger partial charge on any atom is 0.123 e. The van der Waals surface area contributed by atoms with Crippen molar-refractivity contribution in [1.82, 2.24) is 16.0 Å². The van der Waals surface area contributed by atoms with Crippen molar-refractivity contribution >= 4 is 0 Å². The summed E-state index contributed by atoms with van der Waals surface area (Å²) < 4.78 is 10.8. The summed E-state index contributed by atoms with van der Waals surface area (Å²) >= 11 is 0. The summed E-state index contributed by atoms with van der Waals surface area (Å²) in [4.78, 5) is 0. The van der Waals surface area contributed by atoms with Crippen LogP contribution >= 0.6 is 0 Å². The van der Waals surface area contributed by atoms with Crippen LogP contribution in [0.5, 0.6) is 11.5 Å². The number of para-hydroxylation sites is 2. The second-order valence-electron chi connectivity index (χ2n) is 7.85. The minimum Gasteiger partial charge on any atom is -0.496 e. The van der Waals surface area contributed by atoms with Crippen LogP contribution in [0, 0.1) is 0 Å². The standard InChI is InChI=1S/C26H41N3O2/c1-30-25-15-8-6-13-23(25)21-28-18-11-5-3-4-10-17-27-19-12-20-29-22-24-14-7-9-16-26(24)31-2/h6-9,13-16,27-29H,3-5,10-12,17-22H2,1-2H3. The Hall–Kier alpha value is -2.08. The molecule has 2 aromatic rings. The van der Waals surface area contributed by atoms with Crippen molar-refractivity contribution < 1.29 is 9.47 Å². The number of hydrogen-bond acceptors (Lipinski definition) is 5. The molecule has 0 aromatic heterocycles. The first-order valence-electron chi connectivity index (χ1n) is 11.7. The fourth-order valence-corrected chi connectivity index (χ4v) is 3.64. The average Bonchev–Trinajstić information content (AvgIpc) is 2.82. The number of unbranched alkanes of at least 4 members (excludes halogenated alkanes) is 4. The largest absolute Gasteiger partial charge is 0.496 e. The fraction of sp³-hybridized carbons (Fsp3) is 0.538. The van der Waals surface area contributed by atoms with Gasteiger partial charge in [0, 0.05) is 24.2 Å². The molecule has 0 radical (unpaired) electrons. The highest BCUT2D eigenvalue weighted by atomic mass is 16.5. The zero-order valence-electron chi connectivity index (χ0n) is 19.4. The van der Waals surface area contributed by atoms with Gasteiger partial charge in [0.05, 0.1) is 14.2 Å². The van der Waals surface area contributed by atoms with Crippen molar-refractivity contribution in [2.24, 2.45) is 0 Å². The van der Waals surface area contributed by atoms with E-state index in [-0.39, 0.29) is 0 Å². The number of benzene rings is 2. The van der Waals surface area contributed by atoms with Gasteiger partial charge in [0.1, 0.15) is 11.5 Å². The van der Waals surface area contributed by atoms with Gasteiger partial charge >= 0.3 is 0 Å². The van der Waals surface area contributed by atoms with E-state index in [9.17, 15) is 0 Å². The number of methoxy groups -OCH3 is 2. The van der Waals surface area contributed by atoms with Gasteiger partial charge in [0.25, 0.3) is 0 Å². The van der Waals surface area contributed by atoms with Crippen LogP contribution in [0.2, 0.25) is 0 Å². The zero-order chi connectivity index (χ0) is 22.0. The van der Waals surface area contributed by atoms with Gasteiger partial charge in [0.2, 0.25) is 0 Å². The molecule has 5 heteroatoms. The van der Waals surface area contributed by atoms with E-state index < -0.39 is 0 Å². The molecule has 0 spiro atoms. The third-order valence-electron chi connectivity index (χ3n) is 5.43. The highest BCUT2D eigenvalue weighted by Gasteiger charge is 2.01. The van der Waals surface area contributed by atoms with Crippen LogP contribution in [0.1, 0.15) is 49.7 Å². The Balaban J connectivity index is 1.34. The minimum atomic E-state index is 0.859. The van der Waals surface area contributed by atoms with Crippen molar-refractivity contribution in [3.63, 3.8) is 0 Å². The third kappa shape index (κ3) is 10.7. The molecule has 0 atom stereocenters. The van der Waals surface area contributed by atoms with E-state index >= 15 is 0 Å². The molecule has 0 saturated heterocycles. The highest BCUT2D eigenvalue weighted by molar-refractivity contribution is 5.33. The quantitative estimate of drug-likeness (QED) is 0.306. The van der Waals surface area contributed by atoms with Gasteiger partial charge in [-0.2, -0.15) is 0 Å². The first-order valence-corrected chi connectivity index (χ1v) is 11.7. The predicted molar refractivity (Wildman–Crippen MR) is 130 cm³/mol. The molecule has 0 fully saturated rings. The third-order valence-corrected chi connectivity index (χ3v) is 5.43. The molecule has 0 heterocycles. The second kappa shape index (κ2) is 16.6. The van der Waals surface area contributed by atoms with Crippen molar-refractivity contribution in [3.8, 4) is 11.5 Å². The SMILES string of the molecule is COc1ccccc1CNCCCCCCCNCCCNCc1ccccc1OC. The lowest BCUT2D eigenvalue weighted by Crippen LogP contribution is -2.22. The highest BCUT2D eigenvalue weighted by Crippen LogP contribution is 2.17. The predicted octanol–water partition coefficient (Wildman–Crippen LogP) is 4.51. The van der Waals surface area contributed by atoms with E-state index in [4.69, 9.17) is 9.47 Å². The van der Waals surface area contributed by atoms with Crippen LogP contribution in [0.4, 0.5) is 0 Å². The summed E-state index contributed by atoms with van der Waals surface area (Å²) in [6.45, 7) is 6.02. The van der Waals surface area contributed by atoms with Crippen LogP contribution in [0.15, 0.2) is 48.5 Å². The van der Waals surface area contributed by atoms with Gasteiger partial charge in [-0.25, -0.2) is 0 Å². The molecule has 5 nitrogen and oxygen atoms in total. The molecule has 0 unspecified atom stereocenters. The Morgan fingerprint density at radius 1 is 0.516 bits per heavy atom. The fourth-order valence-electron chi connectivity index (χ4n) is 3.64. The lowest BCUT2D eigenvalue weighted by molar-refractivity contribution is 0.407. The molecule has 3 N–H and O–H groups in total. The molecular formula is C26H41N3O2. The van der Waals surface area contributed by atoms with E-state index in [1.165, 1.54) is 43.2 Å². The number of rotatable bonds is 18. The lowest BCUT2D eigenvalue weighted by atomic mass is 10.1. The molecular weight excluding hydrogens is 386 g/mol. The summed E-state index contributed by atoms with van der Waals surface area (Å²) in [5.41, 5.74) is 2.44. The maximum atomic E-state index is 5.39. The van der Waals surface area contributed by atoms with E-state index in [2.05, 4.69) is 40.2 Å². The minimum absolute atomic E-state index is 0.859. The molecule has 0 saturated carbocycles. The van der Waals surface area contributed by atoms with Crippen LogP contribution in [0.3, 0.4) is 0 Å². The molecule has 2 aromatic carbocycles. The molecule has 172 valence electrons. The Morgan fingerprint density at radius 3 is 1.48 bits per heavy atom. The summed E-state index contributed by atoms with van der Waals surface area (Å²) in [6, 6.07) is 16.4. The smallest absolute Gasteiger partial charge is 0.123 e. The second-order valence-corrected chi connectivity index (χ2v) is 7.85. The van der Waals surface area contributed by atoms with Crippen molar-refractivity contribution in [2.45, 2.75) is 51.6 Å². The normalized spacial score (nSPS) is 10.9. The van der Waals surface area contributed by atoms with E-state index in [0.717, 1.165) is 57.2 Å². The van der Waals surface area contributed by atoms with Crippen LogP contribution < -0.4 is 25.4 Å². The maximum absolute atomic E-state index is 5.39. The summed E-state index contributed by atoms with van der Waals surface area (Å²) in [7, 11) is 3.46. The van der Waals surface area contributed by atoms with Gasteiger partial charge in [0.15, 0.2) is 0 Å². The number of nitrogens with one attached hydrogen (secondary N) is 3. The van der Waals surface area contributed by atoms with Gasteiger partial charge in [-0.3, -0.25) is 0 Å². The average molecular weight is 428 g/mol.